The Morgan fingerprint density at radius 2 is 1.61 bits per heavy atom. The lowest BCUT2D eigenvalue weighted by atomic mass is 10.1. The zero-order valence-electron chi connectivity index (χ0n) is 18.3. The summed E-state index contributed by atoms with van der Waals surface area (Å²) in [6.07, 6.45) is 1.17. The lowest BCUT2D eigenvalue weighted by molar-refractivity contribution is 0.0947. The van der Waals surface area contributed by atoms with Crippen molar-refractivity contribution in [1.82, 2.24) is 5.32 Å². The van der Waals surface area contributed by atoms with Crippen molar-refractivity contribution in [3.05, 3.63) is 88.4 Å². The SMILES string of the molecule is COc1ccc(OCCNC(=O)c2ccc(CN(c3ccccc3Br)S(C)(=O)=O)cc2)cc1. The number of rotatable bonds is 10. The van der Waals surface area contributed by atoms with E-state index in [4.69, 9.17) is 9.47 Å². The van der Waals surface area contributed by atoms with Crippen LogP contribution >= 0.6 is 15.9 Å². The number of anilines is 1. The average Bonchev–Trinajstić information content (AvgIpc) is 2.81. The van der Waals surface area contributed by atoms with Crippen LogP contribution in [0.15, 0.2) is 77.3 Å². The summed E-state index contributed by atoms with van der Waals surface area (Å²) in [4.78, 5) is 12.4. The minimum Gasteiger partial charge on any atom is -0.497 e. The van der Waals surface area contributed by atoms with E-state index in [0.29, 0.717) is 34.6 Å². The van der Waals surface area contributed by atoms with Gasteiger partial charge in [0, 0.05) is 10.0 Å². The van der Waals surface area contributed by atoms with Gasteiger partial charge in [-0.1, -0.05) is 24.3 Å². The highest BCUT2D eigenvalue weighted by atomic mass is 79.9. The average molecular weight is 533 g/mol. The Morgan fingerprint density at radius 1 is 0.970 bits per heavy atom. The van der Waals surface area contributed by atoms with Crippen molar-refractivity contribution in [3.63, 3.8) is 0 Å². The highest BCUT2D eigenvalue weighted by Gasteiger charge is 2.20. The molecule has 1 N–H and O–H groups in total. The maximum Gasteiger partial charge on any atom is 0.251 e. The maximum absolute atomic E-state index is 12.4. The van der Waals surface area contributed by atoms with Gasteiger partial charge in [0.05, 0.1) is 32.1 Å². The van der Waals surface area contributed by atoms with E-state index in [1.165, 1.54) is 10.6 Å². The fraction of sp³-hybridized carbons (Fsp3) is 0.208. The van der Waals surface area contributed by atoms with Crippen LogP contribution in [0.1, 0.15) is 15.9 Å². The van der Waals surface area contributed by atoms with E-state index in [9.17, 15) is 13.2 Å². The standard InChI is InChI=1S/C24H25BrN2O5S/c1-31-20-11-13-21(14-12-20)32-16-15-26-24(28)19-9-7-18(8-10-19)17-27(33(2,29)30)23-6-4-3-5-22(23)25/h3-14H,15-17H2,1-2H3,(H,26,28). The molecule has 33 heavy (non-hydrogen) atoms. The van der Waals surface area contributed by atoms with E-state index < -0.39 is 10.0 Å². The molecule has 0 aromatic heterocycles. The predicted molar refractivity (Wildman–Crippen MR) is 132 cm³/mol. The monoisotopic (exact) mass is 532 g/mol. The second kappa shape index (κ2) is 11.2. The molecule has 3 aromatic carbocycles. The first-order valence-corrected chi connectivity index (χ1v) is 12.8. The van der Waals surface area contributed by atoms with Gasteiger partial charge < -0.3 is 14.8 Å². The summed E-state index contributed by atoms with van der Waals surface area (Å²) in [5, 5.41) is 2.81. The molecule has 3 rings (SSSR count). The van der Waals surface area contributed by atoms with Crippen molar-refractivity contribution in [3.8, 4) is 11.5 Å². The fourth-order valence-electron chi connectivity index (χ4n) is 3.07. The number of carbonyl (C=O) groups excluding carboxylic acids is 1. The molecule has 0 spiro atoms. The van der Waals surface area contributed by atoms with Gasteiger partial charge in [-0.05, 0) is 70.0 Å². The number of hydrogen-bond acceptors (Lipinski definition) is 5. The van der Waals surface area contributed by atoms with Crippen molar-refractivity contribution in [1.29, 1.82) is 0 Å². The summed E-state index contributed by atoms with van der Waals surface area (Å²) >= 11 is 3.41. The molecule has 1 amide bonds. The van der Waals surface area contributed by atoms with Gasteiger partial charge in [0.25, 0.3) is 5.91 Å². The zero-order valence-corrected chi connectivity index (χ0v) is 20.7. The molecule has 0 saturated heterocycles. The highest BCUT2D eigenvalue weighted by molar-refractivity contribution is 9.10. The fourth-order valence-corrected chi connectivity index (χ4v) is 4.59. The summed E-state index contributed by atoms with van der Waals surface area (Å²) in [6.45, 7) is 0.820. The number of amides is 1. The third kappa shape index (κ3) is 6.97. The number of halogens is 1. The van der Waals surface area contributed by atoms with E-state index in [0.717, 1.165) is 11.3 Å². The van der Waals surface area contributed by atoms with Gasteiger partial charge >= 0.3 is 0 Å². The Bertz CT molecular complexity index is 1180. The van der Waals surface area contributed by atoms with Crippen LogP contribution in [0.2, 0.25) is 0 Å². The number of para-hydroxylation sites is 1. The van der Waals surface area contributed by atoms with Gasteiger partial charge in [0.15, 0.2) is 0 Å². The Balaban J connectivity index is 1.56. The van der Waals surface area contributed by atoms with Gasteiger partial charge in [-0.2, -0.15) is 0 Å². The van der Waals surface area contributed by atoms with Crippen LogP contribution in [-0.4, -0.2) is 40.8 Å². The number of hydrogen-bond donors (Lipinski definition) is 1. The molecule has 0 bridgehead atoms. The maximum atomic E-state index is 12.4. The molecule has 7 nitrogen and oxygen atoms in total. The summed E-state index contributed by atoms with van der Waals surface area (Å²) in [6, 6.07) is 21.2. The van der Waals surface area contributed by atoms with Crippen LogP contribution < -0.4 is 19.1 Å². The van der Waals surface area contributed by atoms with Gasteiger partial charge in [0.1, 0.15) is 18.1 Å². The summed E-state index contributed by atoms with van der Waals surface area (Å²) in [5.74, 6) is 1.20. The lowest BCUT2D eigenvalue weighted by Gasteiger charge is -2.23. The molecule has 0 aliphatic carbocycles. The first-order valence-electron chi connectivity index (χ1n) is 10.1. The van der Waals surface area contributed by atoms with E-state index in [1.807, 2.05) is 6.07 Å². The Hall–Kier alpha value is -3.04. The Kier molecular flexibility index (Phi) is 8.35. The Labute approximate surface area is 202 Å². The van der Waals surface area contributed by atoms with Crippen LogP contribution in [0.25, 0.3) is 0 Å². The first kappa shape index (κ1) is 24.6. The topological polar surface area (TPSA) is 84.9 Å². The van der Waals surface area contributed by atoms with Gasteiger partial charge in [0.2, 0.25) is 10.0 Å². The van der Waals surface area contributed by atoms with Gasteiger partial charge in [-0.3, -0.25) is 9.10 Å². The molecule has 0 fully saturated rings. The normalized spacial score (nSPS) is 11.0. The molecule has 3 aromatic rings. The lowest BCUT2D eigenvalue weighted by Crippen LogP contribution is -2.30. The third-order valence-corrected chi connectivity index (χ3v) is 6.58. The van der Waals surface area contributed by atoms with E-state index in [2.05, 4.69) is 21.2 Å². The zero-order chi connectivity index (χ0) is 23.8. The molecule has 0 heterocycles. The van der Waals surface area contributed by atoms with Crippen LogP contribution in [0.5, 0.6) is 11.5 Å². The van der Waals surface area contributed by atoms with Crippen molar-refractivity contribution >= 4 is 37.5 Å². The molecule has 0 radical (unpaired) electrons. The number of nitrogens with zero attached hydrogens (tertiary/aromatic N) is 1. The molecule has 0 aliphatic heterocycles. The number of nitrogens with one attached hydrogen (secondary N) is 1. The number of ether oxygens (including phenoxy) is 2. The van der Waals surface area contributed by atoms with Crippen molar-refractivity contribution in [2.24, 2.45) is 0 Å². The summed E-state index contributed by atoms with van der Waals surface area (Å²) < 4.78 is 37.4. The van der Waals surface area contributed by atoms with Crippen LogP contribution in [-0.2, 0) is 16.6 Å². The predicted octanol–water partition coefficient (Wildman–Crippen LogP) is 4.23. The largest absolute Gasteiger partial charge is 0.497 e. The molecule has 0 aliphatic rings. The van der Waals surface area contributed by atoms with Crippen LogP contribution in [0.3, 0.4) is 0 Å². The second-order valence-corrected chi connectivity index (χ2v) is 9.96. The molecule has 174 valence electrons. The summed E-state index contributed by atoms with van der Waals surface area (Å²) in [5.41, 5.74) is 1.80. The van der Waals surface area contributed by atoms with Crippen LogP contribution in [0, 0.1) is 0 Å². The van der Waals surface area contributed by atoms with Crippen molar-refractivity contribution in [2.75, 3.05) is 30.8 Å². The quantitative estimate of drug-likeness (QED) is 0.395. The number of methoxy groups -OCH3 is 1. The minimum absolute atomic E-state index is 0.152. The molecule has 0 unspecified atom stereocenters. The van der Waals surface area contributed by atoms with Gasteiger partial charge in [-0.15, -0.1) is 0 Å². The molecule has 9 heteroatoms. The van der Waals surface area contributed by atoms with Crippen molar-refractivity contribution in [2.45, 2.75) is 6.54 Å². The van der Waals surface area contributed by atoms with E-state index in [-0.39, 0.29) is 12.5 Å². The summed E-state index contributed by atoms with van der Waals surface area (Å²) in [7, 11) is -1.90. The number of benzene rings is 3. The molecule has 0 atom stereocenters. The highest BCUT2D eigenvalue weighted by Crippen LogP contribution is 2.29. The first-order chi connectivity index (χ1) is 15.8. The number of carbonyl (C=O) groups is 1. The van der Waals surface area contributed by atoms with Crippen molar-refractivity contribution < 1.29 is 22.7 Å². The third-order valence-electron chi connectivity index (χ3n) is 4.78. The molecular weight excluding hydrogens is 508 g/mol. The minimum atomic E-state index is -3.50. The second-order valence-electron chi connectivity index (χ2n) is 7.20. The van der Waals surface area contributed by atoms with Crippen LogP contribution in [0.4, 0.5) is 5.69 Å². The van der Waals surface area contributed by atoms with E-state index in [1.54, 1.807) is 73.8 Å². The van der Waals surface area contributed by atoms with Gasteiger partial charge in [-0.25, -0.2) is 8.42 Å². The number of sulfonamides is 1. The molecular formula is C24H25BrN2O5S. The Morgan fingerprint density at radius 3 is 2.21 bits per heavy atom. The smallest absolute Gasteiger partial charge is 0.251 e. The van der Waals surface area contributed by atoms with E-state index >= 15 is 0 Å². The molecule has 0 saturated carbocycles.